The van der Waals surface area contributed by atoms with Gasteiger partial charge in [0.1, 0.15) is 11.5 Å². The number of thiophene rings is 1. The van der Waals surface area contributed by atoms with Gasteiger partial charge in [-0.15, -0.1) is 11.3 Å². The van der Waals surface area contributed by atoms with Crippen LogP contribution in [0.15, 0.2) is 29.6 Å². The summed E-state index contributed by atoms with van der Waals surface area (Å²) in [4.78, 5) is 36.8. The number of nitrogens with one attached hydrogen (secondary N) is 2. The van der Waals surface area contributed by atoms with Crippen LogP contribution in [0.3, 0.4) is 0 Å². The van der Waals surface area contributed by atoms with Crippen LogP contribution in [0.5, 0.6) is 11.5 Å². The molecule has 0 aliphatic carbocycles. The maximum absolute atomic E-state index is 12.2. The SMILES string of the molecule is COc1cc(C(=O)OCC(=O)NC(=O)NCCc2cccs2)cc(OC)c1C. The van der Waals surface area contributed by atoms with E-state index in [9.17, 15) is 14.4 Å². The van der Waals surface area contributed by atoms with Gasteiger partial charge in [0.05, 0.1) is 19.8 Å². The van der Waals surface area contributed by atoms with Crippen LogP contribution < -0.4 is 20.1 Å². The molecule has 0 bridgehead atoms. The van der Waals surface area contributed by atoms with Gasteiger partial charge in [-0.05, 0) is 36.9 Å². The molecule has 0 aliphatic rings. The number of amides is 3. The molecule has 0 spiro atoms. The van der Waals surface area contributed by atoms with Gasteiger partial charge < -0.3 is 19.5 Å². The lowest BCUT2D eigenvalue weighted by Gasteiger charge is -2.12. The molecule has 1 aromatic heterocycles. The van der Waals surface area contributed by atoms with Crippen LogP contribution >= 0.6 is 11.3 Å². The van der Waals surface area contributed by atoms with Gasteiger partial charge in [0.2, 0.25) is 0 Å². The lowest BCUT2D eigenvalue weighted by Crippen LogP contribution is -2.42. The molecular formula is C19H22N2O6S. The monoisotopic (exact) mass is 406 g/mol. The molecule has 0 aliphatic heterocycles. The van der Waals surface area contributed by atoms with Crippen molar-refractivity contribution in [2.75, 3.05) is 27.4 Å². The van der Waals surface area contributed by atoms with Crippen molar-refractivity contribution in [3.63, 3.8) is 0 Å². The molecule has 2 aromatic rings. The van der Waals surface area contributed by atoms with E-state index in [1.165, 1.54) is 26.4 Å². The van der Waals surface area contributed by atoms with Crippen LogP contribution in [0, 0.1) is 6.92 Å². The van der Waals surface area contributed by atoms with Crippen molar-refractivity contribution in [3.05, 3.63) is 45.6 Å². The smallest absolute Gasteiger partial charge is 0.338 e. The van der Waals surface area contributed by atoms with Crippen molar-refractivity contribution in [2.45, 2.75) is 13.3 Å². The number of hydrogen-bond donors (Lipinski definition) is 2. The summed E-state index contributed by atoms with van der Waals surface area (Å²) in [5.74, 6) is -0.542. The molecule has 1 heterocycles. The molecule has 8 nitrogen and oxygen atoms in total. The van der Waals surface area contributed by atoms with Crippen molar-refractivity contribution >= 4 is 29.2 Å². The molecule has 0 fully saturated rings. The van der Waals surface area contributed by atoms with E-state index in [4.69, 9.17) is 14.2 Å². The second kappa shape index (κ2) is 10.3. The minimum atomic E-state index is -0.732. The van der Waals surface area contributed by atoms with Crippen LogP contribution in [0.1, 0.15) is 20.8 Å². The predicted octanol–water partition coefficient (Wildman–Crippen LogP) is 2.30. The Labute approximate surface area is 166 Å². The first-order valence-electron chi connectivity index (χ1n) is 8.44. The third-order valence-electron chi connectivity index (χ3n) is 3.81. The first-order chi connectivity index (χ1) is 13.4. The average Bonchev–Trinajstić information content (AvgIpc) is 3.19. The van der Waals surface area contributed by atoms with E-state index in [0.29, 0.717) is 24.5 Å². The number of ether oxygens (including phenoxy) is 3. The number of carbonyl (C=O) groups excluding carboxylic acids is 3. The number of carbonyl (C=O) groups is 3. The fourth-order valence-corrected chi connectivity index (χ4v) is 3.09. The number of urea groups is 1. The Morgan fingerprint density at radius 3 is 2.36 bits per heavy atom. The maximum Gasteiger partial charge on any atom is 0.338 e. The molecule has 2 N–H and O–H groups in total. The van der Waals surface area contributed by atoms with Gasteiger partial charge in [-0.3, -0.25) is 10.1 Å². The fourth-order valence-electron chi connectivity index (χ4n) is 2.38. The normalized spacial score (nSPS) is 10.1. The van der Waals surface area contributed by atoms with E-state index in [-0.39, 0.29) is 5.56 Å². The number of hydrogen-bond acceptors (Lipinski definition) is 7. The van der Waals surface area contributed by atoms with Crippen molar-refractivity contribution in [3.8, 4) is 11.5 Å². The highest BCUT2D eigenvalue weighted by Gasteiger charge is 2.16. The highest BCUT2D eigenvalue weighted by atomic mass is 32.1. The van der Waals surface area contributed by atoms with Gasteiger partial charge in [0, 0.05) is 17.0 Å². The van der Waals surface area contributed by atoms with E-state index in [2.05, 4.69) is 10.6 Å². The number of benzene rings is 1. The Balaban J connectivity index is 1.80. The Hall–Kier alpha value is -3.07. The summed E-state index contributed by atoms with van der Waals surface area (Å²) in [5, 5.41) is 6.63. The Morgan fingerprint density at radius 1 is 1.11 bits per heavy atom. The summed E-state index contributed by atoms with van der Waals surface area (Å²) in [6, 6.07) is 6.24. The zero-order chi connectivity index (χ0) is 20.5. The third kappa shape index (κ3) is 5.98. The molecule has 9 heteroatoms. The van der Waals surface area contributed by atoms with Gasteiger partial charge in [-0.2, -0.15) is 0 Å². The van der Waals surface area contributed by atoms with Crippen molar-refractivity contribution < 1.29 is 28.6 Å². The van der Waals surface area contributed by atoms with E-state index in [1.807, 2.05) is 17.5 Å². The molecule has 0 atom stereocenters. The first kappa shape index (κ1) is 21.2. The molecule has 1 aromatic carbocycles. The molecule has 0 unspecified atom stereocenters. The first-order valence-corrected chi connectivity index (χ1v) is 9.32. The molecule has 0 saturated heterocycles. The number of esters is 1. The van der Waals surface area contributed by atoms with Crippen molar-refractivity contribution in [1.82, 2.24) is 10.6 Å². The zero-order valence-electron chi connectivity index (χ0n) is 15.9. The standard InChI is InChI=1S/C19H22N2O6S/c1-12-15(25-2)9-13(10-16(12)26-3)18(23)27-11-17(22)21-19(24)20-7-6-14-5-4-8-28-14/h4-5,8-10H,6-7,11H2,1-3H3,(H2,20,21,22,24). The van der Waals surface area contributed by atoms with Crippen molar-refractivity contribution in [1.29, 1.82) is 0 Å². The molecule has 3 amide bonds. The highest BCUT2D eigenvalue weighted by Crippen LogP contribution is 2.29. The average molecular weight is 406 g/mol. The van der Waals surface area contributed by atoms with Gasteiger partial charge in [0.15, 0.2) is 6.61 Å². The zero-order valence-corrected chi connectivity index (χ0v) is 16.7. The van der Waals surface area contributed by atoms with Gasteiger partial charge in [0.25, 0.3) is 5.91 Å². The molecule has 28 heavy (non-hydrogen) atoms. The van der Waals surface area contributed by atoms with Crippen LogP contribution in [0.4, 0.5) is 4.79 Å². The molecule has 0 radical (unpaired) electrons. The molecule has 0 saturated carbocycles. The third-order valence-corrected chi connectivity index (χ3v) is 4.75. The minimum Gasteiger partial charge on any atom is -0.496 e. The lowest BCUT2D eigenvalue weighted by molar-refractivity contribution is -0.123. The van der Waals surface area contributed by atoms with E-state index >= 15 is 0 Å². The summed E-state index contributed by atoms with van der Waals surface area (Å²) in [7, 11) is 2.95. The van der Waals surface area contributed by atoms with E-state index in [1.54, 1.807) is 18.3 Å². The molecule has 150 valence electrons. The largest absolute Gasteiger partial charge is 0.496 e. The van der Waals surface area contributed by atoms with Crippen LogP contribution in [-0.4, -0.2) is 45.3 Å². The van der Waals surface area contributed by atoms with Crippen molar-refractivity contribution in [2.24, 2.45) is 0 Å². The summed E-state index contributed by atoms with van der Waals surface area (Å²) in [5.41, 5.74) is 0.908. The Bertz CT molecular complexity index is 810. The maximum atomic E-state index is 12.2. The van der Waals surface area contributed by atoms with E-state index < -0.39 is 24.5 Å². The van der Waals surface area contributed by atoms with Gasteiger partial charge in [-0.1, -0.05) is 6.07 Å². The van der Waals surface area contributed by atoms with Gasteiger partial charge >= 0.3 is 12.0 Å². The molecule has 2 rings (SSSR count). The topological polar surface area (TPSA) is 103 Å². The number of rotatable bonds is 8. The number of imide groups is 1. The predicted molar refractivity (Wildman–Crippen MR) is 104 cm³/mol. The van der Waals surface area contributed by atoms with Crippen LogP contribution in [0.25, 0.3) is 0 Å². The Kier molecular flexibility index (Phi) is 7.82. The quantitative estimate of drug-likeness (QED) is 0.652. The second-order valence-corrected chi connectivity index (χ2v) is 6.75. The lowest BCUT2D eigenvalue weighted by atomic mass is 10.1. The minimum absolute atomic E-state index is 0.174. The number of methoxy groups -OCH3 is 2. The summed E-state index contributed by atoms with van der Waals surface area (Å²) >= 11 is 1.59. The second-order valence-electron chi connectivity index (χ2n) is 5.72. The summed E-state index contributed by atoms with van der Waals surface area (Å²) in [6.45, 7) is 1.59. The Morgan fingerprint density at radius 2 is 1.79 bits per heavy atom. The van der Waals surface area contributed by atoms with Crippen LogP contribution in [-0.2, 0) is 16.0 Å². The van der Waals surface area contributed by atoms with Gasteiger partial charge in [-0.25, -0.2) is 9.59 Å². The van der Waals surface area contributed by atoms with E-state index in [0.717, 1.165) is 10.4 Å². The highest BCUT2D eigenvalue weighted by molar-refractivity contribution is 7.09. The summed E-state index contributed by atoms with van der Waals surface area (Å²) < 4.78 is 15.4. The summed E-state index contributed by atoms with van der Waals surface area (Å²) in [6.07, 6.45) is 0.672. The van der Waals surface area contributed by atoms with Crippen LogP contribution in [0.2, 0.25) is 0 Å². The molecular weight excluding hydrogens is 384 g/mol. The fraction of sp³-hybridized carbons (Fsp3) is 0.316.